The summed E-state index contributed by atoms with van der Waals surface area (Å²) in [4.78, 5) is 2.58. The van der Waals surface area contributed by atoms with E-state index in [1.54, 1.807) is 0 Å². The van der Waals surface area contributed by atoms with Crippen LogP contribution in [0.4, 0.5) is 0 Å². The smallest absolute Gasteiger partial charge is 0.0220 e. The van der Waals surface area contributed by atoms with Crippen molar-refractivity contribution < 1.29 is 0 Å². The fraction of sp³-hybridized carbons (Fsp3) is 1.00. The molecule has 0 aromatic heterocycles. The van der Waals surface area contributed by atoms with Crippen LogP contribution >= 0.6 is 0 Å². The zero-order valence-electron chi connectivity index (χ0n) is 11.8. The van der Waals surface area contributed by atoms with Crippen LogP contribution in [0.5, 0.6) is 0 Å². The van der Waals surface area contributed by atoms with Crippen molar-refractivity contribution in [2.75, 3.05) is 13.6 Å². The molecule has 16 heavy (non-hydrogen) atoms. The molecule has 1 N–H and O–H groups in total. The second kappa shape index (κ2) is 6.61. The molecule has 2 heteroatoms. The van der Waals surface area contributed by atoms with Crippen molar-refractivity contribution >= 4 is 0 Å². The molecule has 1 fully saturated rings. The Morgan fingerprint density at radius 2 is 1.88 bits per heavy atom. The average molecular weight is 226 g/mol. The molecular weight excluding hydrogens is 196 g/mol. The first kappa shape index (κ1) is 14.0. The highest BCUT2D eigenvalue weighted by molar-refractivity contribution is 4.89. The Morgan fingerprint density at radius 1 is 1.25 bits per heavy atom. The van der Waals surface area contributed by atoms with Crippen LogP contribution in [0.15, 0.2) is 0 Å². The largest absolute Gasteiger partial charge is 0.312 e. The molecule has 1 rings (SSSR count). The SMILES string of the molecule is CCCNC(CC)C(C)N(C)C(C)C1CC1. The van der Waals surface area contributed by atoms with Crippen LogP contribution in [0, 0.1) is 5.92 Å². The molecule has 0 amide bonds. The Labute approximate surface area is 102 Å². The number of rotatable bonds is 8. The quantitative estimate of drug-likeness (QED) is 0.684. The molecule has 0 aromatic carbocycles. The summed E-state index contributed by atoms with van der Waals surface area (Å²) in [6.45, 7) is 10.4. The molecular formula is C14H30N2. The average Bonchev–Trinajstić information content (AvgIpc) is 3.11. The Kier molecular flexibility index (Phi) is 5.77. The van der Waals surface area contributed by atoms with E-state index in [-0.39, 0.29) is 0 Å². The van der Waals surface area contributed by atoms with Crippen molar-refractivity contribution in [2.45, 2.75) is 71.5 Å². The maximum Gasteiger partial charge on any atom is 0.0220 e. The predicted molar refractivity (Wildman–Crippen MR) is 71.8 cm³/mol. The van der Waals surface area contributed by atoms with Gasteiger partial charge in [-0.05, 0) is 59.0 Å². The highest BCUT2D eigenvalue weighted by Gasteiger charge is 2.33. The lowest BCUT2D eigenvalue weighted by Gasteiger charge is -2.36. The molecule has 3 unspecified atom stereocenters. The molecule has 0 saturated heterocycles. The normalized spacial score (nSPS) is 22.1. The summed E-state index contributed by atoms with van der Waals surface area (Å²) in [6, 6.07) is 2.05. The van der Waals surface area contributed by atoms with Gasteiger partial charge in [-0.3, -0.25) is 4.90 Å². The summed E-state index contributed by atoms with van der Waals surface area (Å²) in [5.41, 5.74) is 0. The van der Waals surface area contributed by atoms with E-state index in [0.717, 1.165) is 18.5 Å². The van der Waals surface area contributed by atoms with Crippen LogP contribution in [0.3, 0.4) is 0 Å². The standard InChI is InChI=1S/C14H30N2/c1-6-10-15-14(7-2)12(4)16(5)11(3)13-8-9-13/h11-15H,6-10H2,1-5H3. The number of nitrogens with zero attached hydrogens (tertiary/aromatic N) is 1. The van der Waals surface area contributed by atoms with Gasteiger partial charge in [-0.1, -0.05) is 13.8 Å². The van der Waals surface area contributed by atoms with E-state index in [1.165, 1.54) is 25.7 Å². The highest BCUT2D eigenvalue weighted by atomic mass is 15.2. The molecule has 1 aliphatic carbocycles. The van der Waals surface area contributed by atoms with Crippen LogP contribution < -0.4 is 5.32 Å². The van der Waals surface area contributed by atoms with Gasteiger partial charge in [0.2, 0.25) is 0 Å². The maximum atomic E-state index is 3.67. The molecule has 1 aliphatic rings. The van der Waals surface area contributed by atoms with Crippen LogP contribution in [0.25, 0.3) is 0 Å². The van der Waals surface area contributed by atoms with E-state index in [9.17, 15) is 0 Å². The van der Waals surface area contributed by atoms with E-state index in [0.29, 0.717) is 12.1 Å². The van der Waals surface area contributed by atoms with E-state index in [1.807, 2.05) is 0 Å². The van der Waals surface area contributed by atoms with Gasteiger partial charge in [0.05, 0.1) is 0 Å². The van der Waals surface area contributed by atoms with Crippen LogP contribution in [0.1, 0.15) is 53.4 Å². The third-order valence-electron chi connectivity index (χ3n) is 4.27. The van der Waals surface area contributed by atoms with Crippen LogP contribution in [-0.4, -0.2) is 36.6 Å². The summed E-state index contributed by atoms with van der Waals surface area (Å²) in [6.07, 6.45) is 5.34. The molecule has 0 radical (unpaired) electrons. The predicted octanol–water partition coefficient (Wildman–Crippen LogP) is 2.88. The van der Waals surface area contributed by atoms with Crippen molar-refractivity contribution in [1.82, 2.24) is 10.2 Å². The maximum absolute atomic E-state index is 3.67. The molecule has 0 aromatic rings. The van der Waals surface area contributed by atoms with Gasteiger partial charge in [-0.15, -0.1) is 0 Å². The van der Waals surface area contributed by atoms with Crippen molar-refractivity contribution in [3.05, 3.63) is 0 Å². The van der Waals surface area contributed by atoms with Gasteiger partial charge >= 0.3 is 0 Å². The lowest BCUT2D eigenvalue weighted by Crippen LogP contribution is -2.50. The molecule has 0 aliphatic heterocycles. The summed E-state index contributed by atoms with van der Waals surface area (Å²) >= 11 is 0. The first-order valence-electron chi connectivity index (χ1n) is 7.07. The van der Waals surface area contributed by atoms with Crippen LogP contribution in [0.2, 0.25) is 0 Å². The lowest BCUT2D eigenvalue weighted by atomic mass is 10.0. The second-order valence-electron chi connectivity index (χ2n) is 5.45. The zero-order valence-corrected chi connectivity index (χ0v) is 11.8. The first-order chi connectivity index (χ1) is 7.61. The van der Waals surface area contributed by atoms with Crippen molar-refractivity contribution in [1.29, 1.82) is 0 Å². The van der Waals surface area contributed by atoms with E-state index in [2.05, 4.69) is 45.0 Å². The molecule has 3 atom stereocenters. The van der Waals surface area contributed by atoms with Gasteiger partial charge < -0.3 is 5.32 Å². The second-order valence-corrected chi connectivity index (χ2v) is 5.45. The minimum absolute atomic E-state index is 0.645. The number of nitrogens with one attached hydrogen (secondary N) is 1. The summed E-state index contributed by atoms with van der Waals surface area (Å²) in [5, 5.41) is 3.67. The molecule has 0 bridgehead atoms. The minimum Gasteiger partial charge on any atom is -0.312 e. The van der Waals surface area contributed by atoms with Crippen LogP contribution in [-0.2, 0) is 0 Å². The summed E-state index contributed by atoms with van der Waals surface area (Å²) in [5.74, 6) is 0.969. The third kappa shape index (κ3) is 3.74. The van der Waals surface area contributed by atoms with E-state index < -0.39 is 0 Å². The highest BCUT2D eigenvalue weighted by Crippen LogP contribution is 2.35. The Balaban J connectivity index is 2.41. The van der Waals surface area contributed by atoms with Gasteiger partial charge in [0.15, 0.2) is 0 Å². The monoisotopic (exact) mass is 226 g/mol. The minimum atomic E-state index is 0.645. The van der Waals surface area contributed by atoms with E-state index in [4.69, 9.17) is 0 Å². The van der Waals surface area contributed by atoms with Gasteiger partial charge in [0.25, 0.3) is 0 Å². The fourth-order valence-electron chi connectivity index (χ4n) is 2.55. The number of likely N-dealkylation sites (N-methyl/N-ethyl adjacent to an activating group) is 1. The Bertz CT molecular complexity index is 189. The van der Waals surface area contributed by atoms with Crippen molar-refractivity contribution in [3.63, 3.8) is 0 Å². The topological polar surface area (TPSA) is 15.3 Å². The molecule has 96 valence electrons. The lowest BCUT2D eigenvalue weighted by molar-refractivity contribution is 0.142. The van der Waals surface area contributed by atoms with Gasteiger partial charge in [-0.25, -0.2) is 0 Å². The number of hydrogen-bond acceptors (Lipinski definition) is 2. The van der Waals surface area contributed by atoms with E-state index >= 15 is 0 Å². The van der Waals surface area contributed by atoms with Gasteiger partial charge in [0.1, 0.15) is 0 Å². The molecule has 0 spiro atoms. The van der Waals surface area contributed by atoms with Gasteiger partial charge in [0, 0.05) is 18.1 Å². The van der Waals surface area contributed by atoms with Gasteiger partial charge in [-0.2, -0.15) is 0 Å². The Morgan fingerprint density at radius 3 is 2.31 bits per heavy atom. The third-order valence-corrected chi connectivity index (χ3v) is 4.27. The summed E-state index contributed by atoms with van der Waals surface area (Å²) in [7, 11) is 2.30. The van der Waals surface area contributed by atoms with Crippen molar-refractivity contribution in [3.8, 4) is 0 Å². The van der Waals surface area contributed by atoms with Crippen molar-refractivity contribution in [2.24, 2.45) is 5.92 Å². The number of hydrogen-bond donors (Lipinski definition) is 1. The molecule has 1 saturated carbocycles. The zero-order chi connectivity index (χ0) is 12.1. The first-order valence-corrected chi connectivity index (χ1v) is 7.07. The molecule has 2 nitrogen and oxygen atoms in total. The summed E-state index contributed by atoms with van der Waals surface area (Å²) < 4.78 is 0. The Hall–Kier alpha value is -0.0800. The fourth-order valence-corrected chi connectivity index (χ4v) is 2.55. The molecule has 0 heterocycles.